The van der Waals surface area contributed by atoms with Crippen LogP contribution >= 0.6 is 0 Å². The number of benzene rings is 2. The number of nitrogens with zero attached hydrogens (tertiary/aromatic N) is 3. The molecule has 0 radical (unpaired) electrons. The van der Waals surface area contributed by atoms with Gasteiger partial charge in [-0.25, -0.2) is 4.39 Å². The first-order valence-corrected chi connectivity index (χ1v) is 11.4. The molecule has 0 saturated carbocycles. The average Bonchev–Trinajstić information content (AvgIpc) is 3.24. The van der Waals surface area contributed by atoms with E-state index in [1.807, 2.05) is 0 Å². The molecule has 1 fully saturated rings. The molecule has 2 aromatic carbocycles. The number of para-hydroxylation sites is 1. The average molecular weight is 431 g/mol. The van der Waals surface area contributed by atoms with Gasteiger partial charge in [-0.3, -0.25) is 0 Å². The predicted molar refractivity (Wildman–Crippen MR) is 109 cm³/mol. The first-order chi connectivity index (χ1) is 14.5. The highest BCUT2D eigenvalue weighted by molar-refractivity contribution is 7.87. The van der Waals surface area contributed by atoms with Crippen LogP contribution in [-0.4, -0.2) is 48.8 Å². The maximum atomic E-state index is 13.4. The van der Waals surface area contributed by atoms with Crippen molar-refractivity contribution in [2.24, 2.45) is 0 Å². The fourth-order valence-electron chi connectivity index (χ4n) is 3.51. The van der Waals surface area contributed by atoms with Gasteiger partial charge in [0.05, 0.1) is 11.7 Å². The van der Waals surface area contributed by atoms with E-state index >= 15 is 0 Å². The number of halogens is 1. The van der Waals surface area contributed by atoms with Crippen LogP contribution in [0.5, 0.6) is 5.75 Å². The van der Waals surface area contributed by atoms with Gasteiger partial charge in [0.15, 0.2) is 0 Å². The SMILES string of the molecule is O=S(=O)(CCN1CCCC(c2nc(-c3cccc(F)c3)no2)C1)Oc1ccccc1. The van der Waals surface area contributed by atoms with E-state index in [-0.39, 0.29) is 17.5 Å². The number of hydrogen-bond acceptors (Lipinski definition) is 7. The Morgan fingerprint density at radius 1 is 1.17 bits per heavy atom. The summed E-state index contributed by atoms with van der Waals surface area (Å²) in [5, 5.41) is 3.97. The molecular formula is C21H22FN3O4S. The van der Waals surface area contributed by atoms with Gasteiger partial charge in [0.2, 0.25) is 11.7 Å². The molecule has 0 aliphatic carbocycles. The van der Waals surface area contributed by atoms with Crippen LogP contribution in [0.1, 0.15) is 24.7 Å². The lowest BCUT2D eigenvalue weighted by molar-refractivity contribution is 0.195. The Balaban J connectivity index is 1.36. The fraction of sp³-hybridized carbons (Fsp3) is 0.333. The highest BCUT2D eigenvalue weighted by Gasteiger charge is 2.27. The van der Waals surface area contributed by atoms with E-state index < -0.39 is 10.1 Å². The van der Waals surface area contributed by atoms with E-state index in [0.717, 1.165) is 19.4 Å². The Labute approximate surface area is 174 Å². The van der Waals surface area contributed by atoms with Gasteiger partial charge >= 0.3 is 10.1 Å². The summed E-state index contributed by atoms with van der Waals surface area (Å²) >= 11 is 0. The number of hydrogen-bond donors (Lipinski definition) is 0. The van der Waals surface area contributed by atoms with Crippen LogP contribution < -0.4 is 4.18 Å². The van der Waals surface area contributed by atoms with Gasteiger partial charge in [-0.1, -0.05) is 35.5 Å². The topological polar surface area (TPSA) is 85.5 Å². The van der Waals surface area contributed by atoms with Crippen molar-refractivity contribution in [1.82, 2.24) is 15.0 Å². The maximum absolute atomic E-state index is 13.4. The van der Waals surface area contributed by atoms with Gasteiger partial charge in [-0.2, -0.15) is 13.4 Å². The van der Waals surface area contributed by atoms with Crippen LogP contribution in [0.4, 0.5) is 4.39 Å². The van der Waals surface area contributed by atoms with E-state index in [2.05, 4.69) is 15.0 Å². The lowest BCUT2D eigenvalue weighted by Gasteiger charge is -2.30. The molecule has 0 amide bonds. The van der Waals surface area contributed by atoms with E-state index in [9.17, 15) is 12.8 Å². The summed E-state index contributed by atoms with van der Waals surface area (Å²) in [5.41, 5.74) is 0.557. The summed E-state index contributed by atoms with van der Waals surface area (Å²) in [7, 11) is -3.68. The highest BCUT2D eigenvalue weighted by Crippen LogP contribution is 2.27. The molecule has 1 unspecified atom stereocenters. The smallest absolute Gasteiger partial charge is 0.310 e. The van der Waals surface area contributed by atoms with Crippen LogP contribution in [0.15, 0.2) is 59.1 Å². The van der Waals surface area contributed by atoms with Crippen molar-refractivity contribution >= 4 is 10.1 Å². The van der Waals surface area contributed by atoms with Crippen molar-refractivity contribution in [2.75, 3.05) is 25.4 Å². The Kier molecular flexibility index (Phi) is 6.10. The van der Waals surface area contributed by atoms with Gasteiger partial charge in [0.25, 0.3) is 0 Å². The minimum Gasteiger partial charge on any atom is -0.382 e. The molecule has 1 atom stereocenters. The molecule has 1 aromatic heterocycles. The molecule has 30 heavy (non-hydrogen) atoms. The zero-order valence-corrected chi connectivity index (χ0v) is 17.1. The maximum Gasteiger partial charge on any atom is 0.310 e. The largest absolute Gasteiger partial charge is 0.382 e. The normalized spacial score (nSPS) is 17.7. The van der Waals surface area contributed by atoms with E-state index in [0.29, 0.717) is 36.1 Å². The quantitative estimate of drug-likeness (QED) is 0.530. The fourth-order valence-corrected chi connectivity index (χ4v) is 4.48. The van der Waals surface area contributed by atoms with Gasteiger partial charge in [0, 0.05) is 18.7 Å². The van der Waals surface area contributed by atoms with E-state index in [1.165, 1.54) is 12.1 Å². The number of likely N-dealkylation sites (tertiary alicyclic amines) is 1. The second-order valence-electron chi connectivity index (χ2n) is 7.26. The van der Waals surface area contributed by atoms with Gasteiger partial charge < -0.3 is 13.6 Å². The first-order valence-electron chi connectivity index (χ1n) is 9.78. The van der Waals surface area contributed by atoms with Crippen molar-refractivity contribution in [3.63, 3.8) is 0 Å². The molecule has 2 heterocycles. The molecular weight excluding hydrogens is 409 g/mol. The molecule has 3 aromatic rings. The minimum absolute atomic E-state index is 0.00584. The predicted octanol–water partition coefficient (Wildman–Crippen LogP) is 3.46. The molecule has 4 rings (SSSR count). The summed E-state index contributed by atoms with van der Waals surface area (Å²) in [5.74, 6) is 0.688. The highest BCUT2D eigenvalue weighted by atomic mass is 32.2. The third-order valence-electron chi connectivity index (χ3n) is 5.00. The summed E-state index contributed by atoms with van der Waals surface area (Å²) in [6.45, 7) is 1.77. The zero-order chi connectivity index (χ0) is 21.0. The summed E-state index contributed by atoms with van der Waals surface area (Å²) in [4.78, 5) is 6.49. The summed E-state index contributed by atoms with van der Waals surface area (Å²) < 4.78 is 48.5. The standard InChI is InChI=1S/C21H22FN3O4S/c22-18-8-4-6-16(14-18)20-23-21(28-24-20)17-7-5-11-25(15-17)12-13-30(26,27)29-19-9-2-1-3-10-19/h1-4,6,8-10,14,17H,5,7,11-13,15H2. The molecule has 158 valence electrons. The molecule has 7 nitrogen and oxygen atoms in total. The van der Waals surface area contributed by atoms with E-state index in [1.54, 1.807) is 42.5 Å². The molecule has 1 aliphatic heterocycles. The van der Waals surface area contributed by atoms with Crippen molar-refractivity contribution in [3.05, 3.63) is 66.3 Å². The molecule has 0 N–H and O–H groups in total. The summed E-state index contributed by atoms with van der Waals surface area (Å²) in [6, 6.07) is 14.5. The Morgan fingerprint density at radius 2 is 2.00 bits per heavy atom. The second-order valence-corrected chi connectivity index (χ2v) is 8.95. The van der Waals surface area contributed by atoms with Gasteiger partial charge in [0.1, 0.15) is 11.6 Å². The van der Waals surface area contributed by atoms with Crippen molar-refractivity contribution in [3.8, 4) is 17.1 Å². The van der Waals surface area contributed by atoms with Crippen LogP contribution in [0.3, 0.4) is 0 Å². The second kappa shape index (κ2) is 8.93. The van der Waals surface area contributed by atoms with Crippen LogP contribution in [-0.2, 0) is 10.1 Å². The van der Waals surface area contributed by atoms with Crippen LogP contribution in [0.2, 0.25) is 0 Å². The first kappa shape index (κ1) is 20.5. The third kappa shape index (κ3) is 5.22. The number of rotatable bonds is 7. The molecule has 1 saturated heterocycles. The van der Waals surface area contributed by atoms with E-state index in [4.69, 9.17) is 8.71 Å². The Hall–Kier alpha value is -2.78. The van der Waals surface area contributed by atoms with Gasteiger partial charge in [-0.15, -0.1) is 0 Å². The molecule has 9 heteroatoms. The van der Waals surface area contributed by atoms with Crippen molar-refractivity contribution in [1.29, 1.82) is 0 Å². The van der Waals surface area contributed by atoms with Crippen LogP contribution in [0.25, 0.3) is 11.4 Å². The van der Waals surface area contributed by atoms with Crippen molar-refractivity contribution < 1.29 is 21.5 Å². The minimum atomic E-state index is -3.68. The van der Waals surface area contributed by atoms with Crippen LogP contribution in [0, 0.1) is 5.82 Å². The monoisotopic (exact) mass is 431 g/mol. The lowest BCUT2D eigenvalue weighted by atomic mass is 9.98. The molecule has 1 aliphatic rings. The molecule has 0 spiro atoms. The number of piperidine rings is 1. The zero-order valence-electron chi connectivity index (χ0n) is 16.3. The Bertz CT molecular complexity index is 1090. The lowest BCUT2D eigenvalue weighted by Crippen LogP contribution is -2.38. The van der Waals surface area contributed by atoms with Gasteiger partial charge in [-0.05, 0) is 43.7 Å². The van der Waals surface area contributed by atoms with Crippen molar-refractivity contribution in [2.45, 2.75) is 18.8 Å². The molecule has 0 bridgehead atoms. The Morgan fingerprint density at radius 3 is 2.80 bits per heavy atom. The third-order valence-corrected chi connectivity index (χ3v) is 6.13. The number of aromatic nitrogens is 2. The summed E-state index contributed by atoms with van der Waals surface area (Å²) in [6.07, 6.45) is 1.76.